The van der Waals surface area contributed by atoms with Crippen LogP contribution in [-0.2, 0) is 22.5 Å². The summed E-state index contributed by atoms with van der Waals surface area (Å²) >= 11 is 0. The number of aromatic nitrogens is 2. The molecule has 0 saturated carbocycles. The first-order valence-corrected chi connectivity index (χ1v) is 6.82. The molecule has 21 heavy (non-hydrogen) atoms. The first-order chi connectivity index (χ1) is 10.2. The lowest BCUT2D eigenvalue weighted by molar-refractivity contribution is -0.117. The fourth-order valence-electron chi connectivity index (χ4n) is 1.92. The summed E-state index contributed by atoms with van der Waals surface area (Å²) in [7, 11) is 1.63. The third kappa shape index (κ3) is 4.70. The molecular formula is C15H20N4O2. The lowest BCUT2D eigenvalue weighted by atomic mass is 10.1. The molecule has 0 unspecified atom stereocenters. The van der Waals surface area contributed by atoms with Gasteiger partial charge >= 0.3 is 0 Å². The molecule has 0 bridgehead atoms. The largest absolute Gasteiger partial charge is 0.383 e. The minimum atomic E-state index is -0.600. The average molecular weight is 288 g/mol. The van der Waals surface area contributed by atoms with Crippen LogP contribution in [0.2, 0.25) is 0 Å². The van der Waals surface area contributed by atoms with Crippen LogP contribution >= 0.6 is 0 Å². The molecule has 0 fully saturated rings. The van der Waals surface area contributed by atoms with E-state index in [1.807, 2.05) is 30.3 Å². The Labute approximate surface area is 123 Å². The number of ether oxygens (including phenoxy) is 1. The Balaban J connectivity index is 1.87. The first-order valence-electron chi connectivity index (χ1n) is 6.82. The van der Waals surface area contributed by atoms with Gasteiger partial charge in [0.1, 0.15) is 0 Å². The van der Waals surface area contributed by atoms with Gasteiger partial charge in [-0.1, -0.05) is 30.3 Å². The minimum Gasteiger partial charge on any atom is -0.383 e. The summed E-state index contributed by atoms with van der Waals surface area (Å²) in [6.07, 6.45) is 2.29. The van der Waals surface area contributed by atoms with Crippen LogP contribution in [0.15, 0.2) is 42.6 Å². The molecule has 1 aromatic heterocycles. The number of nitrogens with zero attached hydrogens (tertiary/aromatic N) is 2. The Bertz CT molecular complexity index is 568. The highest BCUT2D eigenvalue weighted by atomic mass is 16.5. The Hall–Kier alpha value is -2.18. The van der Waals surface area contributed by atoms with E-state index in [1.54, 1.807) is 24.1 Å². The number of carbonyl (C=O) groups is 1. The van der Waals surface area contributed by atoms with Crippen LogP contribution in [0.5, 0.6) is 0 Å². The quantitative estimate of drug-likeness (QED) is 0.797. The molecule has 6 nitrogen and oxygen atoms in total. The zero-order chi connectivity index (χ0) is 15.1. The van der Waals surface area contributed by atoms with E-state index in [4.69, 9.17) is 10.5 Å². The van der Waals surface area contributed by atoms with Crippen LogP contribution in [-0.4, -0.2) is 35.4 Å². The van der Waals surface area contributed by atoms with Crippen LogP contribution in [0.1, 0.15) is 5.56 Å². The Morgan fingerprint density at radius 3 is 2.86 bits per heavy atom. The molecule has 2 rings (SSSR count). The highest BCUT2D eigenvalue weighted by Gasteiger charge is 2.15. The summed E-state index contributed by atoms with van der Waals surface area (Å²) in [6.45, 7) is 1.21. The number of rotatable bonds is 7. The standard InChI is InChI=1S/C15H20N4O2/c1-21-10-9-19-8-7-14(18-19)17-15(20)13(16)11-12-5-3-2-4-6-12/h2-8,13H,9-11,16H2,1H3,(H,17,18,20)/t13-/m0/s1. The van der Waals surface area contributed by atoms with E-state index in [0.717, 1.165) is 5.56 Å². The topological polar surface area (TPSA) is 82.2 Å². The second-order valence-corrected chi connectivity index (χ2v) is 4.74. The minimum absolute atomic E-state index is 0.240. The third-order valence-electron chi connectivity index (χ3n) is 3.05. The second-order valence-electron chi connectivity index (χ2n) is 4.74. The fourth-order valence-corrected chi connectivity index (χ4v) is 1.92. The van der Waals surface area contributed by atoms with Crippen LogP contribution in [0.3, 0.4) is 0 Å². The molecule has 0 spiro atoms. The molecule has 0 aliphatic carbocycles. The molecule has 3 N–H and O–H groups in total. The van der Waals surface area contributed by atoms with Crippen molar-refractivity contribution < 1.29 is 9.53 Å². The van der Waals surface area contributed by atoms with E-state index in [9.17, 15) is 4.79 Å². The number of amides is 1. The van der Waals surface area contributed by atoms with E-state index in [2.05, 4.69) is 10.4 Å². The first kappa shape index (κ1) is 15.2. The second kappa shape index (κ2) is 7.56. The Kier molecular flexibility index (Phi) is 5.48. The predicted octanol–water partition coefficient (Wildman–Crippen LogP) is 1.04. The maximum absolute atomic E-state index is 12.0. The SMILES string of the molecule is COCCn1ccc(NC(=O)[C@@H](N)Cc2ccccc2)n1. The van der Waals surface area contributed by atoms with Crippen molar-refractivity contribution in [3.05, 3.63) is 48.2 Å². The van der Waals surface area contributed by atoms with Crippen molar-refractivity contribution in [1.29, 1.82) is 0 Å². The van der Waals surface area contributed by atoms with Crippen LogP contribution < -0.4 is 11.1 Å². The number of benzene rings is 1. The number of carbonyl (C=O) groups excluding carboxylic acids is 1. The van der Waals surface area contributed by atoms with Crippen molar-refractivity contribution in [2.75, 3.05) is 19.0 Å². The van der Waals surface area contributed by atoms with E-state index < -0.39 is 6.04 Å². The molecule has 1 amide bonds. The van der Waals surface area contributed by atoms with Crippen molar-refractivity contribution in [2.24, 2.45) is 5.73 Å². The molecular weight excluding hydrogens is 268 g/mol. The van der Waals surface area contributed by atoms with Gasteiger partial charge in [0, 0.05) is 19.4 Å². The molecule has 1 aromatic carbocycles. The number of hydrogen-bond donors (Lipinski definition) is 2. The van der Waals surface area contributed by atoms with Crippen molar-refractivity contribution in [3.8, 4) is 0 Å². The van der Waals surface area contributed by atoms with E-state index >= 15 is 0 Å². The maximum atomic E-state index is 12.0. The number of nitrogens with two attached hydrogens (primary N) is 1. The van der Waals surface area contributed by atoms with Crippen molar-refractivity contribution >= 4 is 11.7 Å². The summed E-state index contributed by atoms with van der Waals surface area (Å²) < 4.78 is 6.68. The van der Waals surface area contributed by atoms with Gasteiger partial charge < -0.3 is 15.8 Å². The molecule has 0 aliphatic rings. The van der Waals surface area contributed by atoms with Gasteiger partial charge in [0.15, 0.2) is 5.82 Å². The zero-order valence-corrected chi connectivity index (χ0v) is 12.0. The van der Waals surface area contributed by atoms with Gasteiger partial charge in [-0.05, 0) is 12.0 Å². The average Bonchev–Trinajstić information content (AvgIpc) is 2.93. The van der Waals surface area contributed by atoms with Crippen molar-refractivity contribution in [1.82, 2.24) is 9.78 Å². The van der Waals surface area contributed by atoms with Gasteiger partial charge in [0.05, 0.1) is 19.2 Å². The van der Waals surface area contributed by atoms with Gasteiger partial charge in [-0.25, -0.2) is 0 Å². The van der Waals surface area contributed by atoms with E-state index in [1.165, 1.54) is 0 Å². The number of methoxy groups -OCH3 is 1. The van der Waals surface area contributed by atoms with Gasteiger partial charge in [-0.15, -0.1) is 0 Å². The molecule has 0 aliphatic heterocycles. The van der Waals surface area contributed by atoms with Gasteiger partial charge in [0.2, 0.25) is 5.91 Å². The molecule has 1 heterocycles. The lowest BCUT2D eigenvalue weighted by Gasteiger charge is -2.10. The predicted molar refractivity (Wildman–Crippen MR) is 80.9 cm³/mol. The Morgan fingerprint density at radius 1 is 1.38 bits per heavy atom. The molecule has 0 radical (unpaired) electrons. The van der Waals surface area contributed by atoms with E-state index in [-0.39, 0.29) is 5.91 Å². The fraction of sp³-hybridized carbons (Fsp3) is 0.333. The van der Waals surface area contributed by atoms with E-state index in [0.29, 0.717) is 25.4 Å². The molecule has 1 atom stereocenters. The highest BCUT2D eigenvalue weighted by Crippen LogP contribution is 2.06. The summed E-state index contributed by atoms with van der Waals surface area (Å²) in [5.74, 6) is 0.260. The summed E-state index contributed by atoms with van der Waals surface area (Å²) in [5, 5.41) is 6.95. The van der Waals surface area contributed by atoms with Crippen LogP contribution in [0.25, 0.3) is 0 Å². The lowest BCUT2D eigenvalue weighted by Crippen LogP contribution is -2.37. The van der Waals surface area contributed by atoms with Gasteiger partial charge in [-0.2, -0.15) is 5.10 Å². The summed E-state index contributed by atoms with van der Waals surface area (Å²) in [4.78, 5) is 12.0. The third-order valence-corrected chi connectivity index (χ3v) is 3.05. The van der Waals surface area contributed by atoms with Gasteiger partial charge in [-0.3, -0.25) is 9.48 Å². The smallest absolute Gasteiger partial charge is 0.242 e. The monoisotopic (exact) mass is 288 g/mol. The Morgan fingerprint density at radius 2 is 2.14 bits per heavy atom. The normalized spacial score (nSPS) is 12.1. The molecule has 6 heteroatoms. The number of hydrogen-bond acceptors (Lipinski definition) is 4. The van der Waals surface area contributed by atoms with Crippen molar-refractivity contribution in [3.63, 3.8) is 0 Å². The van der Waals surface area contributed by atoms with Crippen LogP contribution in [0, 0.1) is 0 Å². The van der Waals surface area contributed by atoms with Crippen LogP contribution in [0.4, 0.5) is 5.82 Å². The maximum Gasteiger partial charge on any atom is 0.242 e. The highest BCUT2D eigenvalue weighted by molar-refractivity contribution is 5.94. The number of anilines is 1. The summed E-state index contributed by atoms with van der Waals surface area (Å²) in [6, 6.07) is 10.8. The van der Waals surface area contributed by atoms with Crippen molar-refractivity contribution in [2.45, 2.75) is 19.0 Å². The number of nitrogens with one attached hydrogen (secondary N) is 1. The molecule has 112 valence electrons. The summed E-state index contributed by atoms with van der Waals surface area (Å²) in [5.41, 5.74) is 6.95. The zero-order valence-electron chi connectivity index (χ0n) is 12.0. The molecule has 0 saturated heterocycles. The van der Waals surface area contributed by atoms with Gasteiger partial charge in [0.25, 0.3) is 0 Å². The molecule has 2 aromatic rings.